The summed E-state index contributed by atoms with van der Waals surface area (Å²) in [5.41, 5.74) is 0.254. The maximum atomic E-state index is 11.9. The van der Waals surface area contributed by atoms with Crippen LogP contribution in [0.5, 0.6) is 0 Å². The number of carboxylic acids is 1. The zero-order valence-electron chi connectivity index (χ0n) is 10.2. The first-order valence-corrected chi connectivity index (χ1v) is 6.29. The minimum Gasteiger partial charge on any atom is -0.480 e. The molecule has 0 aromatic rings. The predicted octanol–water partition coefficient (Wildman–Crippen LogP) is 1.44. The van der Waals surface area contributed by atoms with Gasteiger partial charge in [0.2, 0.25) is 0 Å². The number of urea groups is 1. The molecule has 1 atom stereocenters. The fourth-order valence-electron chi connectivity index (χ4n) is 2.21. The van der Waals surface area contributed by atoms with E-state index in [2.05, 4.69) is 12.2 Å². The van der Waals surface area contributed by atoms with Crippen LogP contribution >= 0.6 is 0 Å². The van der Waals surface area contributed by atoms with Crippen LogP contribution in [0.25, 0.3) is 0 Å². The van der Waals surface area contributed by atoms with Crippen LogP contribution < -0.4 is 5.32 Å². The first kappa shape index (κ1) is 12.2. The van der Waals surface area contributed by atoms with Crippen LogP contribution in [-0.4, -0.2) is 41.1 Å². The van der Waals surface area contributed by atoms with Crippen LogP contribution in [0, 0.1) is 5.41 Å². The summed E-state index contributed by atoms with van der Waals surface area (Å²) in [7, 11) is 0. The van der Waals surface area contributed by atoms with Gasteiger partial charge in [0.25, 0.3) is 0 Å². The van der Waals surface area contributed by atoms with E-state index in [4.69, 9.17) is 5.11 Å². The number of carboxylic acid groups (broad SMARTS) is 1. The molecule has 0 spiro atoms. The second-order valence-corrected chi connectivity index (χ2v) is 5.51. The number of carbonyl (C=O) groups excluding carboxylic acids is 1. The van der Waals surface area contributed by atoms with Gasteiger partial charge in [0.1, 0.15) is 6.04 Å². The summed E-state index contributed by atoms with van der Waals surface area (Å²) < 4.78 is 0. The molecular weight excluding hydrogens is 220 g/mol. The van der Waals surface area contributed by atoms with Gasteiger partial charge in [-0.05, 0) is 37.5 Å². The number of piperidine rings is 1. The number of nitrogens with one attached hydrogen (secondary N) is 1. The van der Waals surface area contributed by atoms with Gasteiger partial charge in [-0.1, -0.05) is 6.92 Å². The molecule has 5 heteroatoms. The Balaban J connectivity index is 1.89. The highest BCUT2D eigenvalue weighted by atomic mass is 16.4. The van der Waals surface area contributed by atoms with Gasteiger partial charge in [-0.25, -0.2) is 9.59 Å². The van der Waals surface area contributed by atoms with E-state index in [1.54, 1.807) is 0 Å². The van der Waals surface area contributed by atoms with Crippen molar-refractivity contribution in [2.45, 2.75) is 45.1 Å². The highest BCUT2D eigenvalue weighted by Crippen LogP contribution is 2.44. The molecule has 5 nitrogen and oxygen atoms in total. The van der Waals surface area contributed by atoms with E-state index < -0.39 is 12.0 Å². The van der Waals surface area contributed by atoms with Crippen LogP contribution in [0.1, 0.15) is 39.0 Å². The highest BCUT2D eigenvalue weighted by molar-refractivity contribution is 5.82. The average molecular weight is 240 g/mol. The second kappa shape index (κ2) is 4.55. The monoisotopic (exact) mass is 240 g/mol. The van der Waals surface area contributed by atoms with Gasteiger partial charge >= 0.3 is 12.0 Å². The normalized spacial score (nSPS) is 26.4. The molecule has 2 fully saturated rings. The number of hydrogen-bond donors (Lipinski definition) is 2. The third kappa shape index (κ3) is 2.90. The zero-order chi connectivity index (χ0) is 12.5. The van der Waals surface area contributed by atoms with Gasteiger partial charge in [-0.2, -0.15) is 0 Å². The van der Waals surface area contributed by atoms with Crippen molar-refractivity contribution in [3.63, 3.8) is 0 Å². The molecule has 0 aromatic heterocycles. The lowest BCUT2D eigenvalue weighted by molar-refractivity contribution is -0.143. The van der Waals surface area contributed by atoms with E-state index in [0.717, 1.165) is 25.7 Å². The van der Waals surface area contributed by atoms with E-state index in [9.17, 15) is 9.59 Å². The van der Waals surface area contributed by atoms with Crippen LogP contribution in [-0.2, 0) is 4.79 Å². The Hall–Kier alpha value is -1.26. The Labute approximate surface area is 101 Å². The topological polar surface area (TPSA) is 69.6 Å². The number of hydrogen-bond acceptors (Lipinski definition) is 2. The molecule has 0 radical (unpaired) electrons. The lowest BCUT2D eigenvalue weighted by atomic mass is 10.0. The molecule has 96 valence electrons. The minimum absolute atomic E-state index is 0.217. The number of amides is 2. The van der Waals surface area contributed by atoms with Gasteiger partial charge in [0.05, 0.1) is 0 Å². The van der Waals surface area contributed by atoms with E-state index in [0.29, 0.717) is 19.5 Å². The van der Waals surface area contributed by atoms with Crippen LogP contribution in [0.2, 0.25) is 0 Å². The molecule has 1 heterocycles. The van der Waals surface area contributed by atoms with Gasteiger partial charge in [0, 0.05) is 13.1 Å². The predicted molar refractivity (Wildman–Crippen MR) is 62.7 cm³/mol. The third-order valence-electron chi connectivity index (χ3n) is 3.82. The summed E-state index contributed by atoms with van der Waals surface area (Å²) in [6.45, 7) is 3.35. The summed E-state index contributed by atoms with van der Waals surface area (Å²) in [5, 5.41) is 11.9. The molecule has 2 N–H and O–H groups in total. The molecule has 0 aromatic carbocycles. The summed E-state index contributed by atoms with van der Waals surface area (Å²) in [6.07, 6.45) is 4.65. The number of rotatable bonds is 3. The fourth-order valence-corrected chi connectivity index (χ4v) is 2.21. The molecule has 17 heavy (non-hydrogen) atoms. The average Bonchev–Trinajstić information content (AvgIpc) is 3.05. The molecule has 2 rings (SSSR count). The summed E-state index contributed by atoms with van der Waals surface area (Å²) in [6, 6.07) is -0.860. The summed E-state index contributed by atoms with van der Waals surface area (Å²) in [5.74, 6) is -0.891. The fraction of sp³-hybridized carbons (Fsp3) is 0.833. The van der Waals surface area contributed by atoms with Crippen LogP contribution in [0.15, 0.2) is 0 Å². The number of likely N-dealkylation sites (tertiary alicyclic amines) is 1. The molecule has 2 aliphatic rings. The van der Waals surface area contributed by atoms with Crippen molar-refractivity contribution in [1.29, 1.82) is 0 Å². The highest BCUT2D eigenvalue weighted by Gasteiger charge is 2.38. The maximum absolute atomic E-state index is 11.9. The third-order valence-corrected chi connectivity index (χ3v) is 3.82. The Kier molecular flexibility index (Phi) is 3.26. The maximum Gasteiger partial charge on any atom is 0.326 e. The van der Waals surface area contributed by atoms with Crippen molar-refractivity contribution in [3.05, 3.63) is 0 Å². The van der Waals surface area contributed by atoms with Gasteiger partial charge in [0.15, 0.2) is 0 Å². The largest absolute Gasteiger partial charge is 0.480 e. The molecule has 2 amide bonds. The van der Waals surface area contributed by atoms with E-state index in [-0.39, 0.29) is 11.4 Å². The number of aliphatic carboxylic acids is 1. The van der Waals surface area contributed by atoms with Crippen molar-refractivity contribution >= 4 is 12.0 Å². The van der Waals surface area contributed by atoms with Crippen molar-refractivity contribution in [2.24, 2.45) is 5.41 Å². The van der Waals surface area contributed by atoms with Gasteiger partial charge in [-0.15, -0.1) is 0 Å². The first-order chi connectivity index (χ1) is 8.02. The molecule has 1 saturated carbocycles. The molecule has 1 saturated heterocycles. The Morgan fingerprint density at radius 3 is 2.71 bits per heavy atom. The van der Waals surface area contributed by atoms with Crippen molar-refractivity contribution in [3.8, 4) is 0 Å². The first-order valence-electron chi connectivity index (χ1n) is 6.29. The Bertz CT molecular complexity index is 326. The molecule has 0 bridgehead atoms. The number of carbonyl (C=O) groups is 2. The van der Waals surface area contributed by atoms with E-state index in [1.807, 2.05) is 0 Å². The minimum atomic E-state index is -0.891. The summed E-state index contributed by atoms with van der Waals surface area (Å²) in [4.78, 5) is 24.5. The molecule has 1 unspecified atom stereocenters. The molecule has 1 aliphatic heterocycles. The zero-order valence-corrected chi connectivity index (χ0v) is 10.2. The molecule has 1 aliphatic carbocycles. The van der Waals surface area contributed by atoms with Crippen molar-refractivity contribution in [1.82, 2.24) is 10.2 Å². The van der Waals surface area contributed by atoms with Gasteiger partial charge < -0.3 is 15.3 Å². The Morgan fingerprint density at radius 2 is 2.12 bits per heavy atom. The van der Waals surface area contributed by atoms with Crippen molar-refractivity contribution in [2.75, 3.05) is 13.1 Å². The van der Waals surface area contributed by atoms with Crippen LogP contribution in [0.3, 0.4) is 0 Å². The standard InChI is InChI=1S/C12H20N2O3/c1-12(5-6-12)8-13-11(17)14-7-3-2-4-9(14)10(15)16/h9H,2-8H2,1H3,(H,13,17)(H,15,16). The summed E-state index contributed by atoms with van der Waals surface area (Å²) >= 11 is 0. The smallest absolute Gasteiger partial charge is 0.326 e. The van der Waals surface area contributed by atoms with Crippen molar-refractivity contribution < 1.29 is 14.7 Å². The van der Waals surface area contributed by atoms with E-state index in [1.165, 1.54) is 4.90 Å². The lowest BCUT2D eigenvalue weighted by Gasteiger charge is -2.33. The lowest BCUT2D eigenvalue weighted by Crippen LogP contribution is -2.52. The number of nitrogens with zero attached hydrogens (tertiary/aromatic N) is 1. The van der Waals surface area contributed by atoms with E-state index >= 15 is 0 Å². The molecular formula is C12H20N2O3. The second-order valence-electron chi connectivity index (χ2n) is 5.51. The quantitative estimate of drug-likeness (QED) is 0.784. The Morgan fingerprint density at radius 1 is 1.41 bits per heavy atom. The van der Waals surface area contributed by atoms with Crippen LogP contribution in [0.4, 0.5) is 4.79 Å². The van der Waals surface area contributed by atoms with Gasteiger partial charge in [-0.3, -0.25) is 0 Å². The SMILES string of the molecule is CC1(CNC(=O)N2CCCCC2C(=O)O)CC1.